The van der Waals surface area contributed by atoms with E-state index in [1.165, 1.54) is 7.11 Å². The van der Waals surface area contributed by atoms with Crippen LogP contribution in [0.1, 0.15) is 74.9 Å². The number of carboxylic acid groups (broad SMARTS) is 1. The molecule has 0 saturated carbocycles. The van der Waals surface area contributed by atoms with Crippen LogP contribution < -0.4 is 29.5 Å². The number of esters is 1. The van der Waals surface area contributed by atoms with Crippen molar-refractivity contribution in [2.45, 2.75) is 63.5 Å². The molecule has 6 atom stereocenters. The Morgan fingerprint density at radius 3 is 1.59 bits per heavy atom. The third-order valence-corrected chi connectivity index (χ3v) is 9.14. The number of piperidine rings is 2. The molecule has 2 amide bonds. The molecule has 4 bridgehead atoms. The van der Waals surface area contributed by atoms with Crippen LogP contribution in [-0.2, 0) is 34.7 Å². The van der Waals surface area contributed by atoms with Gasteiger partial charge in [0.25, 0.3) is 0 Å². The summed E-state index contributed by atoms with van der Waals surface area (Å²) in [6.45, 7) is 7.32. The van der Waals surface area contributed by atoms with Gasteiger partial charge in [-0.25, -0.2) is 0 Å². The second-order valence-corrected chi connectivity index (χ2v) is 11.6. The topological polar surface area (TPSA) is 152 Å². The summed E-state index contributed by atoms with van der Waals surface area (Å²) in [7, 11) is 1.39. The van der Waals surface area contributed by atoms with Gasteiger partial charge >= 0.3 is 30.8 Å². The summed E-state index contributed by atoms with van der Waals surface area (Å²) in [6.07, 6.45) is 0.836. The summed E-state index contributed by atoms with van der Waals surface area (Å²) in [5, 5.41) is 15.3. The Hall–Kier alpha value is -3.12. The van der Waals surface area contributed by atoms with E-state index in [1.807, 2.05) is 69.3 Å². The fourth-order valence-electron chi connectivity index (χ4n) is 7.13. The zero-order valence-corrected chi connectivity index (χ0v) is 23.1. The SMILES string of the molecule is CC12CC(C)(C(=O)O)C(NC1=O)c1ccccc12.COC(=O)C1(C)CC2(C)C(=O)NC1c1ccccc12.[Li+].[OH-]. The van der Waals surface area contributed by atoms with Crippen molar-refractivity contribution in [3.05, 3.63) is 70.8 Å². The van der Waals surface area contributed by atoms with E-state index in [0.29, 0.717) is 12.8 Å². The van der Waals surface area contributed by atoms with Gasteiger partial charge in [0.1, 0.15) is 0 Å². The number of methoxy groups -OCH3 is 1. The van der Waals surface area contributed by atoms with Crippen LogP contribution >= 0.6 is 0 Å². The van der Waals surface area contributed by atoms with Gasteiger partial charge in [-0.15, -0.1) is 0 Å². The Kier molecular flexibility index (Phi) is 7.65. The van der Waals surface area contributed by atoms with E-state index in [4.69, 9.17) is 4.74 Å². The minimum Gasteiger partial charge on any atom is -0.870 e. The molecule has 2 aromatic carbocycles. The molecule has 4 heterocycles. The molecular weight excluding hydrogens is 495 g/mol. The first-order chi connectivity index (χ1) is 17.3. The van der Waals surface area contributed by atoms with Gasteiger partial charge in [-0.1, -0.05) is 48.5 Å². The predicted molar refractivity (Wildman–Crippen MR) is 136 cm³/mol. The second kappa shape index (κ2) is 9.81. The Bertz CT molecular complexity index is 1360. The van der Waals surface area contributed by atoms with Crippen molar-refractivity contribution in [3.8, 4) is 0 Å². The van der Waals surface area contributed by atoms with Crippen LogP contribution in [0.3, 0.4) is 0 Å². The number of amides is 2. The van der Waals surface area contributed by atoms with Crippen LogP contribution in [0.4, 0.5) is 0 Å². The maximum Gasteiger partial charge on any atom is 1.00 e. The minimum absolute atomic E-state index is 0. The van der Waals surface area contributed by atoms with Crippen LogP contribution in [0.2, 0.25) is 0 Å². The van der Waals surface area contributed by atoms with Gasteiger partial charge in [-0.05, 0) is 62.8 Å². The van der Waals surface area contributed by atoms with Crippen LogP contribution in [-0.4, -0.2) is 41.4 Å². The number of rotatable bonds is 2. The smallest absolute Gasteiger partial charge is 0.870 e. The Balaban J connectivity index is 0.000000205. The van der Waals surface area contributed by atoms with E-state index in [1.54, 1.807) is 6.92 Å². The summed E-state index contributed by atoms with van der Waals surface area (Å²) in [4.78, 5) is 48.2. The van der Waals surface area contributed by atoms with Crippen molar-refractivity contribution in [2.24, 2.45) is 10.8 Å². The Labute approximate surface area is 239 Å². The summed E-state index contributed by atoms with van der Waals surface area (Å²) in [6, 6.07) is 14.7. The molecule has 8 rings (SSSR count). The normalized spacial score (nSPS) is 34.4. The molecule has 0 radical (unpaired) electrons. The molecule has 10 heteroatoms. The molecule has 9 nitrogen and oxygen atoms in total. The molecule has 2 aliphatic carbocycles. The van der Waals surface area contributed by atoms with E-state index < -0.39 is 33.7 Å². The molecule has 202 valence electrons. The number of ether oxygens (including phenoxy) is 1. The molecule has 4 aliphatic heterocycles. The Morgan fingerprint density at radius 2 is 1.18 bits per heavy atom. The van der Waals surface area contributed by atoms with E-state index >= 15 is 0 Å². The van der Waals surface area contributed by atoms with Crippen molar-refractivity contribution < 1.29 is 53.4 Å². The predicted octanol–water partition coefficient (Wildman–Crippen LogP) is 0.135. The van der Waals surface area contributed by atoms with Crippen LogP contribution in [0.5, 0.6) is 0 Å². The van der Waals surface area contributed by atoms with Crippen molar-refractivity contribution in [1.82, 2.24) is 10.6 Å². The van der Waals surface area contributed by atoms with E-state index in [0.717, 1.165) is 22.3 Å². The van der Waals surface area contributed by atoms with Gasteiger partial charge in [0, 0.05) is 0 Å². The molecule has 0 spiro atoms. The minimum atomic E-state index is -0.934. The van der Waals surface area contributed by atoms with Gasteiger partial charge in [-0.3, -0.25) is 19.2 Å². The second-order valence-electron chi connectivity index (χ2n) is 11.6. The third-order valence-electron chi connectivity index (χ3n) is 9.14. The number of hydrogen-bond acceptors (Lipinski definition) is 6. The van der Waals surface area contributed by atoms with Crippen LogP contribution in [0.15, 0.2) is 48.5 Å². The maximum absolute atomic E-state index is 12.3. The molecule has 2 aromatic rings. The maximum atomic E-state index is 12.3. The van der Waals surface area contributed by atoms with E-state index in [2.05, 4.69) is 10.6 Å². The number of fused-ring (bicyclic) bond motifs is 4. The number of benzene rings is 2. The summed E-state index contributed by atoms with van der Waals surface area (Å²) >= 11 is 0. The van der Waals surface area contributed by atoms with Gasteiger partial charge in [0.15, 0.2) is 0 Å². The fraction of sp³-hybridized carbons (Fsp3) is 0.448. The zero-order valence-electron chi connectivity index (χ0n) is 23.1. The third kappa shape index (κ3) is 4.02. The van der Waals surface area contributed by atoms with E-state index in [-0.39, 0.29) is 48.2 Å². The number of carbonyl (C=O) groups is 4. The van der Waals surface area contributed by atoms with Crippen molar-refractivity contribution in [1.29, 1.82) is 0 Å². The largest absolute Gasteiger partial charge is 1.00 e. The number of aliphatic carboxylic acids is 1. The van der Waals surface area contributed by atoms with Crippen molar-refractivity contribution in [3.63, 3.8) is 0 Å². The number of carbonyl (C=O) groups excluding carboxylic acids is 3. The van der Waals surface area contributed by atoms with Crippen LogP contribution in [0, 0.1) is 10.8 Å². The summed E-state index contributed by atoms with van der Waals surface area (Å²) in [5.74, 6) is -1.19. The number of hydrogen-bond donors (Lipinski definition) is 3. The van der Waals surface area contributed by atoms with Gasteiger partial charge in [0.2, 0.25) is 11.8 Å². The van der Waals surface area contributed by atoms with Gasteiger partial charge in [-0.2, -0.15) is 0 Å². The molecule has 6 aliphatic rings. The Morgan fingerprint density at radius 1 is 0.795 bits per heavy atom. The quantitative estimate of drug-likeness (QED) is 0.370. The molecule has 2 fully saturated rings. The average molecular weight is 529 g/mol. The molecule has 6 unspecified atom stereocenters. The van der Waals surface area contributed by atoms with Crippen molar-refractivity contribution in [2.75, 3.05) is 7.11 Å². The van der Waals surface area contributed by atoms with Gasteiger partial charge < -0.3 is 26.0 Å². The van der Waals surface area contributed by atoms with Crippen molar-refractivity contribution >= 4 is 23.8 Å². The average Bonchev–Trinajstić information content (AvgIpc) is 2.87. The first kappa shape index (κ1) is 30.4. The molecule has 2 saturated heterocycles. The molecule has 4 N–H and O–H groups in total. The van der Waals surface area contributed by atoms with Crippen LogP contribution in [0.25, 0.3) is 0 Å². The molecule has 39 heavy (non-hydrogen) atoms. The first-order valence-electron chi connectivity index (χ1n) is 12.5. The standard InChI is InChI=1S/C15H17NO3.C14H15NO3.Li.H2O/c1-14-8-15(2,13(18)19-3)11(16-12(14)17)9-6-4-5-7-10(9)14;1-13-7-14(2,12(17)18)10(15-11(13)16)8-5-3-4-6-9(8)13;;/h4-7,11H,8H2,1-3H3,(H,16,17);3-6,10H,7H2,1-2H3,(H,15,16)(H,17,18);;1H2/q;;+1;/p-1. The summed E-state index contributed by atoms with van der Waals surface area (Å²) < 4.78 is 4.95. The van der Waals surface area contributed by atoms with E-state index in [9.17, 15) is 24.3 Å². The summed E-state index contributed by atoms with van der Waals surface area (Å²) in [5.41, 5.74) is 0.942. The molecular formula is C29H33LiN2O7. The van der Waals surface area contributed by atoms with Gasteiger partial charge in [0.05, 0.1) is 40.9 Å². The monoisotopic (exact) mass is 528 g/mol. The fourth-order valence-corrected chi connectivity index (χ4v) is 7.13. The number of carboxylic acids is 1. The first-order valence-corrected chi connectivity index (χ1v) is 12.5. The molecule has 0 aromatic heterocycles. The zero-order chi connectivity index (χ0) is 27.0. The number of nitrogens with one attached hydrogen (secondary N) is 2.